The van der Waals surface area contributed by atoms with Crippen molar-refractivity contribution < 1.29 is 105 Å². The van der Waals surface area contributed by atoms with Gasteiger partial charge in [-0.15, -0.1) is 0 Å². The first-order valence-electron chi connectivity index (χ1n) is 14.1. The third-order valence-corrected chi connectivity index (χ3v) is 8.17. The van der Waals surface area contributed by atoms with Crippen LogP contribution in [0.1, 0.15) is 0 Å². The van der Waals surface area contributed by atoms with Gasteiger partial charge in [-0.05, 0) is 0 Å². The molecule has 0 aromatic heterocycles. The minimum atomic E-state index is -1.99. The standard InChI is InChI=1S/C24H42O21/c25-1-5-9(27)12(30)17(35)22(42-5)39-3-7-11(29)14(32)19(37)24(44-7)45-20-8(41-21(38)16(34)15(20)33)4-40-23-18(36)13(31)10(28)6(2-26)43-23/h5-38H,1-4H2/t5-,6-,7-,8-,9+,10+,11-,12+,13+,14+,15-,16+,17-,18-,19+,20-,21?,22+,23+,24+/m1/s1. The molecule has 14 N–H and O–H groups in total. The van der Waals surface area contributed by atoms with E-state index >= 15 is 0 Å². The molecule has 21 nitrogen and oxygen atoms in total. The average molecular weight is 667 g/mol. The zero-order chi connectivity index (χ0) is 33.3. The molecule has 45 heavy (non-hydrogen) atoms. The van der Waals surface area contributed by atoms with Gasteiger partial charge in [0.1, 0.15) is 97.7 Å². The minimum absolute atomic E-state index is 0.692. The van der Waals surface area contributed by atoms with E-state index in [-0.39, 0.29) is 0 Å². The molecular weight excluding hydrogens is 624 g/mol. The zero-order valence-electron chi connectivity index (χ0n) is 23.5. The average Bonchev–Trinajstić information content (AvgIpc) is 3.02. The van der Waals surface area contributed by atoms with Crippen LogP contribution < -0.4 is 0 Å². The van der Waals surface area contributed by atoms with E-state index in [0.717, 1.165) is 0 Å². The van der Waals surface area contributed by atoms with Crippen LogP contribution in [0.4, 0.5) is 0 Å². The van der Waals surface area contributed by atoms with Gasteiger partial charge in [0.15, 0.2) is 25.2 Å². The summed E-state index contributed by atoms with van der Waals surface area (Å²) < 4.78 is 37.6. The van der Waals surface area contributed by atoms with Gasteiger partial charge in [0, 0.05) is 0 Å². The highest BCUT2D eigenvalue weighted by Gasteiger charge is 2.52. The summed E-state index contributed by atoms with van der Waals surface area (Å²) in [7, 11) is 0. The number of hydrogen-bond donors (Lipinski definition) is 14. The molecule has 4 rings (SSSR count). The molecule has 264 valence electrons. The lowest BCUT2D eigenvalue weighted by molar-refractivity contribution is -0.368. The Hall–Kier alpha value is -0.840. The monoisotopic (exact) mass is 666 g/mol. The highest BCUT2D eigenvalue weighted by Crippen LogP contribution is 2.31. The van der Waals surface area contributed by atoms with Crippen LogP contribution >= 0.6 is 0 Å². The van der Waals surface area contributed by atoms with E-state index in [2.05, 4.69) is 0 Å². The summed E-state index contributed by atoms with van der Waals surface area (Å²) in [5.74, 6) is 0. The molecule has 1 unspecified atom stereocenters. The van der Waals surface area contributed by atoms with Gasteiger partial charge in [-0.3, -0.25) is 0 Å². The summed E-state index contributed by atoms with van der Waals surface area (Å²) in [6.07, 6.45) is -34.9. The minimum Gasteiger partial charge on any atom is -0.394 e. The normalized spacial score (nSPS) is 52.9. The third kappa shape index (κ3) is 7.75. The van der Waals surface area contributed by atoms with E-state index in [1.807, 2.05) is 0 Å². The number of ether oxygens (including phenoxy) is 7. The number of rotatable bonds is 10. The second kappa shape index (κ2) is 15.6. The third-order valence-electron chi connectivity index (χ3n) is 8.17. The van der Waals surface area contributed by atoms with Gasteiger partial charge in [-0.2, -0.15) is 0 Å². The molecule has 21 heteroatoms. The Bertz CT molecular complexity index is 914. The summed E-state index contributed by atoms with van der Waals surface area (Å²) in [5.41, 5.74) is 0. The highest BCUT2D eigenvalue weighted by molar-refractivity contribution is 4.95. The van der Waals surface area contributed by atoms with Gasteiger partial charge < -0.3 is 105 Å². The lowest BCUT2D eigenvalue weighted by Crippen LogP contribution is -2.65. The topological polar surface area (TPSA) is 348 Å². The van der Waals surface area contributed by atoms with Crippen LogP contribution in [0, 0.1) is 0 Å². The molecule has 0 amide bonds. The van der Waals surface area contributed by atoms with Gasteiger partial charge in [0.25, 0.3) is 0 Å². The molecule has 4 aliphatic rings. The second-order valence-electron chi connectivity index (χ2n) is 11.2. The van der Waals surface area contributed by atoms with Gasteiger partial charge in [0.2, 0.25) is 0 Å². The smallest absolute Gasteiger partial charge is 0.187 e. The molecule has 4 fully saturated rings. The Morgan fingerprint density at radius 2 is 0.778 bits per heavy atom. The second-order valence-corrected chi connectivity index (χ2v) is 11.2. The lowest BCUT2D eigenvalue weighted by Gasteiger charge is -2.46. The van der Waals surface area contributed by atoms with Crippen molar-refractivity contribution in [2.45, 2.75) is 123 Å². The molecule has 0 radical (unpaired) electrons. The molecule has 0 bridgehead atoms. The van der Waals surface area contributed by atoms with Gasteiger partial charge in [-0.1, -0.05) is 0 Å². The quantitative estimate of drug-likeness (QED) is 0.103. The van der Waals surface area contributed by atoms with Crippen LogP contribution in [0.15, 0.2) is 0 Å². The Labute approximate surface area is 254 Å². The van der Waals surface area contributed by atoms with E-state index in [0.29, 0.717) is 0 Å². The molecule has 0 aromatic carbocycles. The van der Waals surface area contributed by atoms with Gasteiger partial charge in [-0.25, -0.2) is 0 Å². The maximum absolute atomic E-state index is 10.7. The van der Waals surface area contributed by atoms with E-state index in [1.54, 1.807) is 0 Å². The Morgan fingerprint density at radius 1 is 0.378 bits per heavy atom. The molecular formula is C24H42O21. The first kappa shape index (κ1) is 37.0. The van der Waals surface area contributed by atoms with Crippen molar-refractivity contribution in [1.82, 2.24) is 0 Å². The molecule has 4 aliphatic heterocycles. The number of aliphatic hydroxyl groups is 14. The van der Waals surface area contributed by atoms with E-state index in [1.165, 1.54) is 0 Å². The predicted molar refractivity (Wildman–Crippen MR) is 134 cm³/mol. The van der Waals surface area contributed by atoms with E-state index in [9.17, 15) is 71.5 Å². The Balaban J connectivity index is 1.43. The molecule has 20 atom stereocenters. The maximum Gasteiger partial charge on any atom is 0.187 e. The largest absolute Gasteiger partial charge is 0.394 e. The van der Waals surface area contributed by atoms with Crippen molar-refractivity contribution >= 4 is 0 Å². The fraction of sp³-hybridized carbons (Fsp3) is 1.00. The van der Waals surface area contributed by atoms with Gasteiger partial charge >= 0.3 is 0 Å². The molecule has 0 saturated carbocycles. The zero-order valence-corrected chi connectivity index (χ0v) is 23.5. The lowest BCUT2D eigenvalue weighted by atomic mass is 9.96. The molecule has 0 aromatic rings. The van der Waals surface area contributed by atoms with Crippen molar-refractivity contribution in [2.24, 2.45) is 0 Å². The SMILES string of the molecule is OC[C@H]1O[C@H](OC[C@H]2O[C@@H](O[C@H]3[C@H](O)[C@H](O)C(O)O[C@@H]3CO[C@H]3O[C@H](CO)[C@H](O)[C@H](O)[C@H]3O)[C@@H](O)[C@@H](O)[C@@H]2O)[C@H](O)[C@@H](O)[C@H]1O. The van der Waals surface area contributed by atoms with Crippen LogP contribution in [0.5, 0.6) is 0 Å². The fourth-order valence-electron chi connectivity index (χ4n) is 5.33. The summed E-state index contributed by atoms with van der Waals surface area (Å²) in [6, 6.07) is 0. The fourth-order valence-corrected chi connectivity index (χ4v) is 5.33. The van der Waals surface area contributed by atoms with Crippen molar-refractivity contribution in [3.63, 3.8) is 0 Å². The van der Waals surface area contributed by atoms with E-state index < -0.39 is 149 Å². The first-order chi connectivity index (χ1) is 21.2. The first-order valence-corrected chi connectivity index (χ1v) is 14.1. The highest BCUT2D eigenvalue weighted by atomic mass is 16.8. The van der Waals surface area contributed by atoms with Crippen LogP contribution in [0.3, 0.4) is 0 Å². The van der Waals surface area contributed by atoms with Crippen molar-refractivity contribution in [3.8, 4) is 0 Å². The van der Waals surface area contributed by atoms with Gasteiger partial charge in [0.05, 0.1) is 26.4 Å². The van der Waals surface area contributed by atoms with Crippen molar-refractivity contribution in [1.29, 1.82) is 0 Å². The molecule has 4 saturated heterocycles. The van der Waals surface area contributed by atoms with Crippen LogP contribution in [-0.2, 0) is 33.2 Å². The summed E-state index contributed by atoms with van der Waals surface area (Å²) >= 11 is 0. The van der Waals surface area contributed by atoms with Crippen molar-refractivity contribution in [3.05, 3.63) is 0 Å². The maximum atomic E-state index is 10.7. The Kier molecular flexibility index (Phi) is 12.8. The predicted octanol–water partition coefficient (Wildman–Crippen LogP) is -9.75. The summed E-state index contributed by atoms with van der Waals surface area (Å²) in [4.78, 5) is 0. The molecule has 0 spiro atoms. The molecule has 4 heterocycles. The Morgan fingerprint density at radius 3 is 1.24 bits per heavy atom. The summed E-state index contributed by atoms with van der Waals surface area (Å²) in [6.45, 7) is -2.90. The number of aliphatic hydroxyl groups excluding tert-OH is 14. The van der Waals surface area contributed by atoms with Crippen LogP contribution in [0.25, 0.3) is 0 Å². The van der Waals surface area contributed by atoms with Crippen LogP contribution in [-0.4, -0.2) is 221 Å². The number of hydrogen-bond acceptors (Lipinski definition) is 21. The van der Waals surface area contributed by atoms with Crippen molar-refractivity contribution in [2.75, 3.05) is 26.4 Å². The van der Waals surface area contributed by atoms with Crippen LogP contribution in [0.2, 0.25) is 0 Å². The summed E-state index contributed by atoms with van der Waals surface area (Å²) in [5, 5.41) is 141. The van der Waals surface area contributed by atoms with E-state index in [4.69, 9.17) is 33.2 Å². The molecule has 0 aliphatic carbocycles.